The molecular weight excluding hydrogens is 258 g/mol. The predicted molar refractivity (Wildman–Crippen MR) is 67.4 cm³/mol. The molecule has 1 aliphatic heterocycles. The predicted octanol–water partition coefficient (Wildman–Crippen LogP) is -0.0149. The molecular formula is C11H21NO5S. The topological polar surface area (TPSA) is 83.9 Å². The number of carbonyl (C=O) groups is 1. The number of carboxylic acid groups (broad SMARTS) is 1. The maximum absolute atomic E-state index is 11.5. The lowest BCUT2D eigenvalue weighted by Gasteiger charge is -2.32. The molecule has 1 rings (SSSR count). The van der Waals surface area contributed by atoms with Crippen LogP contribution in [-0.2, 0) is 19.4 Å². The van der Waals surface area contributed by atoms with Crippen LogP contribution in [0.15, 0.2) is 0 Å². The summed E-state index contributed by atoms with van der Waals surface area (Å²) in [6.07, 6.45) is 1.22. The Labute approximate surface area is 108 Å². The summed E-state index contributed by atoms with van der Waals surface area (Å²) in [5.41, 5.74) is 0. The Morgan fingerprint density at radius 3 is 2.67 bits per heavy atom. The molecule has 6 nitrogen and oxygen atoms in total. The molecule has 1 heterocycles. The Morgan fingerprint density at radius 1 is 1.56 bits per heavy atom. The van der Waals surface area contributed by atoms with Crippen molar-refractivity contribution < 1.29 is 23.1 Å². The first-order chi connectivity index (χ1) is 8.35. The molecule has 1 saturated heterocycles. The molecule has 0 radical (unpaired) electrons. The molecule has 0 bridgehead atoms. The van der Waals surface area contributed by atoms with Crippen molar-refractivity contribution in [2.24, 2.45) is 0 Å². The molecule has 2 atom stereocenters. The number of aliphatic carboxylic acids is 1. The standard InChI is InChI=1S/C11H21NO5S/c1-9(3-5-17-2)12(7-11(13)14)10-4-6-18(15,16)8-10/h9-10H,3-8H2,1-2H3,(H,13,14). The van der Waals surface area contributed by atoms with Crippen LogP contribution < -0.4 is 0 Å². The second kappa shape index (κ2) is 6.49. The van der Waals surface area contributed by atoms with Gasteiger partial charge in [-0.15, -0.1) is 0 Å². The number of sulfone groups is 1. The maximum atomic E-state index is 11.5. The average molecular weight is 279 g/mol. The van der Waals surface area contributed by atoms with E-state index in [4.69, 9.17) is 9.84 Å². The molecule has 1 fully saturated rings. The van der Waals surface area contributed by atoms with Crippen molar-refractivity contribution in [1.82, 2.24) is 4.90 Å². The van der Waals surface area contributed by atoms with Gasteiger partial charge in [0.05, 0.1) is 18.1 Å². The number of carboxylic acids is 1. The van der Waals surface area contributed by atoms with Crippen molar-refractivity contribution in [3.8, 4) is 0 Å². The van der Waals surface area contributed by atoms with Gasteiger partial charge in [-0.1, -0.05) is 0 Å². The van der Waals surface area contributed by atoms with E-state index in [1.165, 1.54) is 0 Å². The van der Waals surface area contributed by atoms with Crippen LogP contribution in [0.25, 0.3) is 0 Å². The zero-order valence-corrected chi connectivity index (χ0v) is 11.6. The monoisotopic (exact) mass is 279 g/mol. The third-order valence-corrected chi connectivity index (χ3v) is 5.05. The molecule has 0 aromatic heterocycles. The largest absolute Gasteiger partial charge is 0.480 e. The molecule has 7 heteroatoms. The number of nitrogens with zero attached hydrogens (tertiary/aromatic N) is 1. The van der Waals surface area contributed by atoms with Gasteiger partial charge >= 0.3 is 5.97 Å². The van der Waals surface area contributed by atoms with Crippen LogP contribution in [0.3, 0.4) is 0 Å². The van der Waals surface area contributed by atoms with Crippen LogP contribution in [0, 0.1) is 0 Å². The molecule has 0 aliphatic carbocycles. The summed E-state index contributed by atoms with van der Waals surface area (Å²) in [5, 5.41) is 8.93. The van der Waals surface area contributed by atoms with E-state index in [0.717, 1.165) is 0 Å². The van der Waals surface area contributed by atoms with Crippen molar-refractivity contribution in [3.63, 3.8) is 0 Å². The number of methoxy groups -OCH3 is 1. The van der Waals surface area contributed by atoms with Gasteiger partial charge < -0.3 is 9.84 Å². The van der Waals surface area contributed by atoms with Crippen LogP contribution in [0.5, 0.6) is 0 Å². The minimum Gasteiger partial charge on any atom is -0.480 e. The maximum Gasteiger partial charge on any atom is 0.317 e. The van der Waals surface area contributed by atoms with Crippen molar-refractivity contribution in [1.29, 1.82) is 0 Å². The number of hydrogen-bond acceptors (Lipinski definition) is 5. The average Bonchev–Trinajstić information content (AvgIpc) is 2.63. The molecule has 0 aromatic carbocycles. The summed E-state index contributed by atoms with van der Waals surface area (Å²) in [4.78, 5) is 12.7. The van der Waals surface area contributed by atoms with Crippen LogP contribution >= 0.6 is 0 Å². The molecule has 106 valence electrons. The lowest BCUT2D eigenvalue weighted by molar-refractivity contribution is -0.139. The third-order valence-electron chi connectivity index (χ3n) is 3.30. The second-order valence-corrected chi connectivity index (χ2v) is 6.98. The highest BCUT2D eigenvalue weighted by Gasteiger charge is 2.35. The fourth-order valence-corrected chi connectivity index (χ4v) is 4.03. The van der Waals surface area contributed by atoms with Crippen LogP contribution in [0.4, 0.5) is 0 Å². The summed E-state index contributed by atoms with van der Waals surface area (Å²) in [7, 11) is -1.40. The van der Waals surface area contributed by atoms with Crippen molar-refractivity contribution in [2.75, 3.05) is 31.8 Å². The number of rotatable bonds is 7. The van der Waals surface area contributed by atoms with E-state index in [9.17, 15) is 13.2 Å². The van der Waals surface area contributed by atoms with Crippen LogP contribution in [0.1, 0.15) is 19.8 Å². The summed E-state index contributed by atoms with van der Waals surface area (Å²) in [6.45, 7) is 2.33. The second-order valence-electron chi connectivity index (χ2n) is 4.75. The van der Waals surface area contributed by atoms with Crippen molar-refractivity contribution in [3.05, 3.63) is 0 Å². The van der Waals surface area contributed by atoms with Gasteiger partial charge in [-0.05, 0) is 19.8 Å². The van der Waals surface area contributed by atoms with Gasteiger partial charge in [0.1, 0.15) is 0 Å². The van der Waals surface area contributed by atoms with Crippen molar-refractivity contribution >= 4 is 15.8 Å². The zero-order valence-electron chi connectivity index (χ0n) is 10.8. The van der Waals surface area contributed by atoms with E-state index < -0.39 is 15.8 Å². The highest BCUT2D eigenvalue weighted by atomic mass is 32.2. The molecule has 18 heavy (non-hydrogen) atoms. The Kier molecular flexibility index (Phi) is 5.55. The number of ether oxygens (including phenoxy) is 1. The van der Waals surface area contributed by atoms with Gasteiger partial charge in [0.15, 0.2) is 9.84 Å². The quantitative estimate of drug-likeness (QED) is 0.705. The van der Waals surface area contributed by atoms with E-state index in [1.54, 1.807) is 12.0 Å². The van der Waals surface area contributed by atoms with Gasteiger partial charge in [0, 0.05) is 25.8 Å². The first-order valence-corrected chi connectivity index (χ1v) is 7.84. The molecule has 1 aliphatic rings. The smallest absolute Gasteiger partial charge is 0.317 e. The SMILES string of the molecule is COCCC(C)N(CC(=O)O)C1CCS(=O)(=O)C1. The minimum absolute atomic E-state index is 0.000602. The van der Waals surface area contributed by atoms with E-state index in [1.807, 2.05) is 6.92 Å². The zero-order chi connectivity index (χ0) is 13.8. The Hall–Kier alpha value is -0.660. The van der Waals surface area contributed by atoms with Crippen LogP contribution in [-0.4, -0.2) is 68.2 Å². The molecule has 0 saturated carbocycles. The van der Waals surface area contributed by atoms with Crippen LogP contribution in [0.2, 0.25) is 0 Å². The molecule has 0 aromatic rings. The Balaban J connectivity index is 2.69. The van der Waals surface area contributed by atoms with Gasteiger partial charge in [-0.3, -0.25) is 9.69 Å². The Morgan fingerprint density at radius 2 is 2.22 bits per heavy atom. The first kappa shape index (κ1) is 15.4. The fourth-order valence-electron chi connectivity index (χ4n) is 2.29. The van der Waals surface area contributed by atoms with Gasteiger partial charge in [0.25, 0.3) is 0 Å². The minimum atomic E-state index is -3.00. The molecule has 0 amide bonds. The molecule has 0 spiro atoms. The summed E-state index contributed by atoms with van der Waals surface area (Å²) >= 11 is 0. The summed E-state index contributed by atoms with van der Waals surface area (Å²) in [5.74, 6) is -0.703. The van der Waals surface area contributed by atoms with Gasteiger partial charge in [-0.2, -0.15) is 0 Å². The van der Waals surface area contributed by atoms with E-state index in [2.05, 4.69) is 0 Å². The fraction of sp³-hybridized carbons (Fsp3) is 0.909. The van der Waals surface area contributed by atoms with E-state index in [-0.39, 0.29) is 30.1 Å². The normalized spacial score (nSPS) is 24.3. The summed E-state index contributed by atoms with van der Waals surface area (Å²) < 4.78 is 27.9. The summed E-state index contributed by atoms with van der Waals surface area (Å²) in [6, 6.07) is -0.183. The van der Waals surface area contributed by atoms with E-state index in [0.29, 0.717) is 19.4 Å². The van der Waals surface area contributed by atoms with Gasteiger partial charge in [0.2, 0.25) is 0 Å². The third kappa shape index (κ3) is 4.55. The Bertz CT molecular complexity index is 381. The number of hydrogen-bond donors (Lipinski definition) is 1. The van der Waals surface area contributed by atoms with Crippen molar-refractivity contribution in [2.45, 2.75) is 31.8 Å². The molecule has 1 N–H and O–H groups in total. The highest BCUT2D eigenvalue weighted by molar-refractivity contribution is 7.91. The lowest BCUT2D eigenvalue weighted by atomic mass is 10.1. The molecule has 2 unspecified atom stereocenters. The first-order valence-electron chi connectivity index (χ1n) is 6.02. The van der Waals surface area contributed by atoms with Gasteiger partial charge in [-0.25, -0.2) is 8.42 Å². The van der Waals surface area contributed by atoms with E-state index >= 15 is 0 Å². The lowest BCUT2D eigenvalue weighted by Crippen LogP contribution is -2.45. The highest BCUT2D eigenvalue weighted by Crippen LogP contribution is 2.20.